The minimum absolute atomic E-state index is 0.0230. The quantitative estimate of drug-likeness (QED) is 0.282. The number of hydrogen-bond acceptors (Lipinski definition) is 2. The van der Waals surface area contributed by atoms with Crippen molar-refractivity contribution in [2.24, 2.45) is 11.8 Å². The van der Waals surface area contributed by atoms with Crippen LogP contribution in [0.4, 0.5) is 11.4 Å². The van der Waals surface area contributed by atoms with E-state index in [1.807, 2.05) is 0 Å². The molecule has 2 nitrogen and oxygen atoms in total. The molecule has 0 saturated carbocycles. The highest BCUT2D eigenvalue weighted by atomic mass is 15.0. The highest BCUT2D eigenvalue weighted by Crippen LogP contribution is 2.42. The second kappa shape index (κ2) is 14.8. The van der Waals surface area contributed by atoms with Gasteiger partial charge in [-0.25, -0.2) is 0 Å². The molecule has 7 rings (SSSR count). The molecular weight excluding hydrogens is 581 g/mol. The standard InChI is InChI=1S/C46H56N2/c1-46(2,3)37-30-38(47-44-40(33-18-8-4-9-19-33)26-16-27-41(44)34-20-10-5-11-21-34)32-39(31-37)48-45-42(35-22-12-6-13-23-35)28-17-29-43(45)36-24-14-7-15-25-36/h4,8-10,16,18-22,24,26-28,30-32,41,43-45,47-48H,5-7,11-15,17,23,25,29H2,1-3H3. The number of allylic oxidation sites excluding steroid dienone is 8. The van der Waals surface area contributed by atoms with Gasteiger partial charge >= 0.3 is 0 Å². The molecule has 0 bridgehead atoms. The van der Waals surface area contributed by atoms with Gasteiger partial charge in [0, 0.05) is 23.2 Å². The Bertz CT molecular complexity index is 1670. The maximum absolute atomic E-state index is 4.24. The molecule has 5 aliphatic carbocycles. The summed E-state index contributed by atoms with van der Waals surface area (Å²) in [5.74, 6) is 0.832. The highest BCUT2D eigenvalue weighted by molar-refractivity contribution is 5.77. The molecule has 0 radical (unpaired) electrons. The van der Waals surface area contributed by atoms with Crippen LogP contribution in [0, 0.1) is 11.8 Å². The Morgan fingerprint density at radius 3 is 2.15 bits per heavy atom. The highest BCUT2D eigenvalue weighted by Gasteiger charge is 2.34. The average Bonchev–Trinajstić information content (AvgIpc) is 3.13. The predicted molar refractivity (Wildman–Crippen MR) is 207 cm³/mol. The molecule has 5 aliphatic rings. The van der Waals surface area contributed by atoms with Crippen LogP contribution >= 0.6 is 0 Å². The zero-order chi connectivity index (χ0) is 32.9. The van der Waals surface area contributed by atoms with Gasteiger partial charge in [0.1, 0.15) is 0 Å². The molecule has 2 N–H and O–H groups in total. The summed E-state index contributed by atoms with van der Waals surface area (Å²) in [6.45, 7) is 7.05. The topological polar surface area (TPSA) is 24.1 Å². The third kappa shape index (κ3) is 7.44. The zero-order valence-electron chi connectivity index (χ0n) is 29.6. The molecule has 0 heterocycles. The molecule has 0 saturated heterocycles. The van der Waals surface area contributed by atoms with Crippen LogP contribution in [0.5, 0.6) is 0 Å². The second-order valence-electron chi connectivity index (χ2n) is 15.7. The smallest absolute Gasteiger partial charge is 0.0622 e. The third-order valence-corrected chi connectivity index (χ3v) is 11.3. The van der Waals surface area contributed by atoms with E-state index in [4.69, 9.17) is 0 Å². The molecule has 0 amide bonds. The van der Waals surface area contributed by atoms with Crippen molar-refractivity contribution in [1.29, 1.82) is 0 Å². The number of anilines is 2. The summed E-state index contributed by atoms with van der Waals surface area (Å²) in [4.78, 5) is 0. The lowest BCUT2D eigenvalue weighted by atomic mass is 9.73. The van der Waals surface area contributed by atoms with Crippen molar-refractivity contribution in [2.75, 3.05) is 10.6 Å². The minimum Gasteiger partial charge on any atom is -0.378 e. The molecule has 0 fully saturated rings. The van der Waals surface area contributed by atoms with E-state index in [-0.39, 0.29) is 17.4 Å². The predicted octanol–water partition coefficient (Wildman–Crippen LogP) is 12.4. The van der Waals surface area contributed by atoms with Crippen molar-refractivity contribution >= 4 is 16.9 Å². The Kier molecular flexibility index (Phi) is 10.1. The first kappa shape index (κ1) is 32.8. The molecule has 0 aromatic heterocycles. The Hall–Kier alpha value is -3.78. The molecule has 2 aromatic carbocycles. The van der Waals surface area contributed by atoms with Crippen LogP contribution in [0.1, 0.15) is 109 Å². The van der Waals surface area contributed by atoms with Crippen LogP contribution in [-0.2, 0) is 5.41 Å². The van der Waals surface area contributed by atoms with E-state index < -0.39 is 0 Å². The van der Waals surface area contributed by atoms with Crippen LogP contribution in [0.15, 0.2) is 126 Å². The van der Waals surface area contributed by atoms with Gasteiger partial charge in [-0.3, -0.25) is 0 Å². The Balaban J connectivity index is 1.27. The van der Waals surface area contributed by atoms with Gasteiger partial charge in [0.2, 0.25) is 0 Å². The van der Waals surface area contributed by atoms with Crippen molar-refractivity contribution in [3.8, 4) is 0 Å². The Morgan fingerprint density at radius 1 is 0.688 bits per heavy atom. The van der Waals surface area contributed by atoms with Gasteiger partial charge in [0.05, 0.1) is 12.1 Å². The minimum atomic E-state index is 0.0230. The lowest BCUT2D eigenvalue weighted by molar-refractivity contribution is 0.461. The van der Waals surface area contributed by atoms with E-state index in [1.54, 1.807) is 16.7 Å². The summed E-state index contributed by atoms with van der Waals surface area (Å²) in [7, 11) is 0. The fourth-order valence-electron chi connectivity index (χ4n) is 8.67. The normalized spacial score (nSPS) is 26.1. The van der Waals surface area contributed by atoms with Gasteiger partial charge in [-0.05, 0) is 134 Å². The van der Waals surface area contributed by atoms with Crippen molar-refractivity contribution in [2.45, 2.75) is 115 Å². The van der Waals surface area contributed by atoms with E-state index in [0.29, 0.717) is 12.0 Å². The number of rotatable bonds is 8. The fraction of sp³-hybridized carbons (Fsp3) is 0.435. The lowest BCUT2D eigenvalue weighted by Gasteiger charge is -2.39. The number of benzene rings is 2. The van der Waals surface area contributed by atoms with E-state index in [9.17, 15) is 0 Å². The van der Waals surface area contributed by atoms with Crippen LogP contribution in [0.25, 0.3) is 5.57 Å². The first-order chi connectivity index (χ1) is 23.4. The van der Waals surface area contributed by atoms with Crippen molar-refractivity contribution < 1.29 is 0 Å². The molecule has 0 spiro atoms. The summed E-state index contributed by atoms with van der Waals surface area (Å²) in [6, 6.07) is 18.7. The fourth-order valence-corrected chi connectivity index (χ4v) is 8.67. The molecule has 48 heavy (non-hydrogen) atoms. The van der Waals surface area contributed by atoms with Gasteiger partial charge in [-0.2, -0.15) is 0 Å². The molecule has 250 valence electrons. The van der Waals surface area contributed by atoms with Gasteiger partial charge in [0.15, 0.2) is 0 Å². The molecule has 0 aliphatic heterocycles. The summed E-state index contributed by atoms with van der Waals surface area (Å²) in [5.41, 5.74) is 12.8. The maximum Gasteiger partial charge on any atom is 0.0622 e. The van der Waals surface area contributed by atoms with Crippen LogP contribution < -0.4 is 10.6 Å². The monoisotopic (exact) mass is 636 g/mol. The summed E-state index contributed by atoms with van der Waals surface area (Å²) in [6.07, 6.45) is 36.9. The number of nitrogens with one attached hydrogen (secondary N) is 2. The van der Waals surface area contributed by atoms with Crippen molar-refractivity contribution in [1.82, 2.24) is 0 Å². The second-order valence-corrected chi connectivity index (χ2v) is 15.7. The van der Waals surface area contributed by atoms with Gasteiger partial charge < -0.3 is 10.6 Å². The van der Waals surface area contributed by atoms with E-state index >= 15 is 0 Å². The van der Waals surface area contributed by atoms with E-state index in [1.165, 1.54) is 97.9 Å². The largest absolute Gasteiger partial charge is 0.378 e. The third-order valence-electron chi connectivity index (χ3n) is 11.3. The lowest BCUT2D eigenvalue weighted by Crippen LogP contribution is -2.36. The summed E-state index contributed by atoms with van der Waals surface area (Å²) < 4.78 is 0. The van der Waals surface area contributed by atoms with Crippen LogP contribution in [-0.4, -0.2) is 12.1 Å². The van der Waals surface area contributed by atoms with E-state index in [2.05, 4.69) is 135 Å². The van der Waals surface area contributed by atoms with Gasteiger partial charge in [-0.1, -0.05) is 111 Å². The molecule has 2 heteroatoms. The SMILES string of the molecule is CC(C)(C)c1cc(NC2C(c3ccccc3)=CC=CC2C2=CCCC=C2)cc(NC2C(C3=CCCCC3)=CCCC2C2=CCCCC2)c1. The molecule has 4 unspecified atom stereocenters. The molecule has 2 aromatic rings. The molecule has 4 atom stereocenters. The maximum atomic E-state index is 4.24. The zero-order valence-corrected chi connectivity index (χ0v) is 29.6. The average molecular weight is 637 g/mol. The summed E-state index contributed by atoms with van der Waals surface area (Å²) >= 11 is 0. The van der Waals surface area contributed by atoms with E-state index in [0.717, 1.165) is 12.8 Å². The van der Waals surface area contributed by atoms with Crippen LogP contribution in [0.3, 0.4) is 0 Å². The first-order valence-electron chi connectivity index (χ1n) is 19.0. The summed E-state index contributed by atoms with van der Waals surface area (Å²) in [5, 5.41) is 8.39. The van der Waals surface area contributed by atoms with Crippen molar-refractivity contribution in [3.05, 3.63) is 137 Å². The number of hydrogen-bond donors (Lipinski definition) is 2. The molecular formula is C46H56N2. The first-order valence-corrected chi connectivity index (χ1v) is 19.0. The van der Waals surface area contributed by atoms with Crippen LogP contribution in [0.2, 0.25) is 0 Å². The Morgan fingerprint density at radius 2 is 1.46 bits per heavy atom. The van der Waals surface area contributed by atoms with Crippen molar-refractivity contribution in [3.63, 3.8) is 0 Å². The van der Waals surface area contributed by atoms with Gasteiger partial charge in [-0.15, -0.1) is 0 Å². The Labute approximate surface area is 290 Å². The van der Waals surface area contributed by atoms with Gasteiger partial charge in [0.25, 0.3) is 0 Å².